The van der Waals surface area contributed by atoms with Crippen LogP contribution in [0.15, 0.2) is 0 Å². The van der Waals surface area contributed by atoms with Crippen molar-refractivity contribution in [2.24, 2.45) is 0 Å². The fourth-order valence-electron chi connectivity index (χ4n) is 4.44. The topological polar surface area (TPSA) is 40.5 Å². The molecule has 2 N–H and O–H groups in total. The Morgan fingerprint density at radius 1 is 0.242 bits per heavy atom. The van der Waals surface area contributed by atoms with Crippen LogP contribution >= 0.6 is 0 Å². The Balaban J connectivity index is 0. The average Bonchev–Trinajstić information content (AvgIpc) is 2.83. The summed E-state index contributed by atoms with van der Waals surface area (Å²) in [5.41, 5.74) is 0. The van der Waals surface area contributed by atoms with Crippen LogP contribution in [0.2, 0.25) is 0 Å². The Morgan fingerprint density at radius 3 is 0.545 bits per heavy atom. The number of aliphatic hydroxyl groups is 2. The van der Waals surface area contributed by atoms with Gasteiger partial charge in [0.25, 0.3) is 0 Å². The molecule has 0 unspecified atom stereocenters. The SMILES string of the molecule is CCCCCCCCCCCCCCCCO.CCCCCCCCCCCCCCCO. The minimum Gasteiger partial charge on any atom is -0.396 e. The molecule has 0 saturated carbocycles. The van der Waals surface area contributed by atoms with Crippen LogP contribution in [-0.4, -0.2) is 23.4 Å². The van der Waals surface area contributed by atoms with Gasteiger partial charge in [0.1, 0.15) is 0 Å². The molecule has 0 aromatic rings. The normalized spacial score (nSPS) is 10.9. The van der Waals surface area contributed by atoms with Crippen molar-refractivity contribution >= 4 is 0 Å². The van der Waals surface area contributed by atoms with Crippen LogP contribution in [-0.2, 0) is 0 Å². The summed E-state index contributed by atoms with van der Waals surface area (Å²) >= 11 is 0. The highest BCUT2D eigenvalue weighted by Gasteiger charge is 1.94. The van der Waals surface area contributed by atoms with E-state index < -0.39 is 0 Å². The standard InChI is InChI=1S/C16H34O.C15H32O/c1-2-3-4-5-6-7-8-9-10-11-12-13-14-15-16-17;1-2-3-4-5-6-7-8-9-10-11-12-13-14-15-16/h17H,2-16H2,1H3;16H,2-15H2,1H3. The van der Waals surface area contributed by atoms with Crippen molar-refractivity contribution in [3.63, 3.8) is 0 Å². The van der Waals surface area contributed by atoms with Gasteiger partial charge >= 0.3 is 0 Å². The van der Waals surface area contributed by atoms with Crippen molar-refractivity contribution in [2.75, 3.05) is 13.2 Å². The van der Waals surface area contributed by atoms with Gasteiger partial charge in [-0.05, 0) is 12.8 Å². The fraction of sp³-hybridized carbons (Fsp3) is 1.00. The molecule has 0 radical (unpaired) electrons. The first kappa shape index (κ1) is 35.1. The van der Waals surface area contributed by atoms with Crippen LogP contribution < -0.4 is 0 Å². The monoisotopic (exact) mass is 471 g/mol. The van der Waals surface area contributed by atoms with Crippen LogP contribution in [0.4, 0.5) is 0 Å². The minimum atomic E-state index is 0.373. The molecule has 0 amide bonds. The Labute approximate surface area is 210 Å². The second-order valence-electron chi connectivity index (χ2n) is 10.3. The highest BCUT2D eigenvalue weighted by molar-refractivity contribution is 4.50. The Kier molecular flexibility index (Phi) is 38.8. The molecule has 0 aliphatic heterocycles. The van der Waals surface area contributed by atoms with Crippen molar-refractivity contribution in [1.29, 1.82) is 0 Å². The minimum absolute atomic E-state index is 0.373. The first-order valence-electron chi connectivity index (χ1n) is 15.5. The van der Waals surface area contributed by atoms with E-state index in [9.17, 15) is 0 Å². The molecule has 0 rings (SSSR count). The summed E-state index contributed by atoms with van der Waals surface area (Å²) in [6.07, 6.45) is 36.9. The lowest BCUT2D eigenvalue weighted by atomic mass is 10.0. The molecule has 0 fully saturated rings. The third-order valence-corrected chi connectivity index (χ3v) is 6.77. The summed E-state index contributed by atoms with van der Waals surface area (Å²) < 4.78 is 0. The van der Waals surface area contributed by atoms with Crippen molar-refractivity contribution < 1.29 is 10.2 Å². The molecular weight excluding hydrogens is 404 g/mol. The lowest BCUT2D eigenvalue weighted by molar-refractivity contribution is 0.282. The molecule has 0 atom stereocenters. The van der Waals surface area contributed by atoms with E-state index in [0.717, 1.165) is 12.8 Å². The first-order valence-corrected chi connectivity index (χ1v) is 15.5. The molecule has 0 aliphatic carbocycles. The smallest absolute Gasteiger partial charge is 0.0431 e. The van der Waals surface area contributed by atoms with E-state index >= 15 is 0 Å². The Hall–Kier alpha value is -0.0800. The van der Waals surface area contributed by atoms with Gasteiger partial charge in [-0.25, -0.2) is 0 Å². The van der Waals surface area contributed by atoms with E-state index in [2.05, 4.69) is 13.8 Å². The molecule has 0 bridgehead atoms. The summed E-state index contributed by atoms with van der Waals surface area (Å²) in [6, 6.07) is 0. The second kappa shape index (κ2) is 36.5. The van der Waals surface area contributed by atoms with Crippen LogP contribution in [0.3, 0.4) is 0 Å². The van der Waals surface area contributed by atoms with E-state index in [1.807, 2.05) is 0 Å². The number of aliphatic hydroxyl groups excluding tert-OH is 2. The van der Waals surface area contributed by atoms with Crippen LogP contribution in [0, 0.1) is 0 Å². The lowest BCUT2D eigenvalue weighted by Crippen LogP contribution is -1.84. The average molecular weight is 471 g/mol. The Morgan fingerprint density at radius 2 is 0.394 bits per heavy atom. The van der Waals surface area contributed by atoms with Crippen molar-refractivity contribution in [2.45, 2.75) is 187 Å². The second-order valence-corrected chi connectivity index (χ2v) is 10.3. The molecule has 2 nitrogen and oxygen atoms in total. The van der Waals surface area contributed by atoms with Crippen molar-refractivity contribution in [1.82, 2.24) is 0 Å². The largest absolute Gasteiger partial charge is 0.396 e. The summed E-state index contributed by atoms with van der Waals surface area (Å²) in [5.74, 6) is 0. The zero-order valence-corrected chi connectivity index (χ0v) is 23.4. The number of hydrogen-bond donors (Lipinski definition) is 2. The van der Waals surface area contributed by atoms with E-state index in [4.69, 9.17) is 10.2 Å². The molecule has 2 heteroatoms. The van der Waals surface area contributed by atoms with E-state index in [-0.39, 0.29) is 0 Å². The van der Waals surface area contributed by atoms with E-state index in [0.29, 0.717) is 13.2 Å². The molecule has 0 aromatic heterocycles. The maximum atomic E-state index is 8.64. The van der Waals surface area contributed by atoms with Gasteiger partial charge in [0.05, 0.1) is 0 Å². The van der Waals surface area contributed by atoms with Gasteiger partial charge in [0, 0.05) is 13.2 Å². The first-order chi connectivity index (χ1) is 16.3. The van der Waals surface area contributed by atoms with Crippen LogP contribution in [0.1, 0.15) is 187 Å². The van der Waals surface area contributed by atoms with Gasteiger partial charge < -0.3 is 10.2 Å². The van der Waals surface area contributed by atoms with Crippen LogP contribution in [0.25, 0.3) is 0 Å². The molecule has 0 saturated heterocycles. The molecular formula is C31H66O2. The van der Waals surface area contributed by atoms with Gasteiger partial charge in [0.2, 0.25) is 0 Å². The summed E-state index contributed by atoms with van der Waals surface area (Å²) in [5, 5.41) is 17.3. The van der Waals surface area contributed by atoms with Crippen molar-refractivity contribution in [3.05, 3.63) is 0 Å². The number of unbranched alkanes of at least 4 members (excludes halogenated alkanes) is 25. The third kappa shape index (κ3) is 39.4. The zero-order chi connectivity index (χ0) is 24.5. The molecule has 0 heterocycles. The number of rotatable bonds is 27. The zero-order valence-electron chi connectivity index (χ0n) is 23.4. The molecule has 0 aromatic carbocycles. The molecule has 0 aliphatic rings. The summed E-state index contributed by atoms with van der Waals surface area (Å²) in [7, 11) is 0. The number of hydrogen-bond acceptors (Lipinski definition) is 2. The van der Waals surface area contributed by atoms with Gasteiger partial charge in [-0.15, -0.1) is 0 Å². The predicted molar refractivity (Wildman–Crippen MR) is 150 cm³/mol. The maximum Gasteiger partial charge on any atom is 0.0431 e. The predicted octanol–water partition coefficient (Wildman–Crippen LogP) is 10.5. The summed E-state index contributed by atoms with van der Waals surface area (Å²) in [6.45, 7) is 5.30. The van der Waals surface area contributed by atoms with Gasteiger partial charge in [0.15, 0.2) is 0 Å². The quantitative estimate of drug-likeness (QED) is 0.117. The fourth-order valence-corrected chi connectivity index (χ4v) is 4.44. The van der Waals surface area contributed by atoms with Gasteiger partial charge in [-0.2, -0.15) is 0 Å². The summed E-state index contributed by atoms with van der Waals surface area (Å²) in [4.78, 5) is 0. The van der Waals surface area contributed by atoms with E-state index in [1.165, 1.54) is 161 Å². The highest BCUT2D eigenvalue weighted by atomic mass is 16.3. The van der Waals surface area contributed by atoms with Gasteiger partial charge in [-0.3, -0.25) is 0 Å². The van der Waals surface area contributed by atoms with Crippen molar-refractivity contribution in [3.8, 4) is 0 Å². The van der Waals surface area contributed by atoms with E-state index in [1.54, 1.807) is 0 Å². The Bertz CT molecular complexity index is 265. The maximum absolute atomic E-state index is 8.64. The van der Waals surface area contributed by atoms with Gasteiger partial charge in [-0.1, -0.05) is 174 Å². The molecule has 202 valence electrons. The lowest BCUT2D eigenvalue weighted by Gasteiger charge is -2.02. The molecule has 0 spiro atoms. The third-order valence-electron chi connectivity index (χ3n) is 6.77. The highest BCUT2D eigenvalue weighted by Crippen LogP contribution is 2.13. The molecule has 33 heavy (non-hydrogen) atoms. The van der Waals surface area contributed by atoms with Crippen LogP contribution in [0.5, 0.6) is 0 Å².